The van der Waals surface area contributed by atoms with Crippen molar-refractivity contribution >= 4 is 33.1 Å². The van der Waals surface area contributed by atoms with E-state index in [0.717, 1.165) is 16.9 Å². The number of benzene rings is 3. The molecule has 33 heavy (non-hydrogen) atoms. The van der Waals surface area contributed by atoms with Gasteiger partial charge in [-0.2, -0.15) is 0 Å². The van der Waals surface area contributed by atoms with Crippen molar-refractivity contribution in [2.24, 2.45) is 0 Å². The van der Waals surface area contributed by atoms with Crippen LogP contribution in [0, 0.1) is 6.92 Å². The lowest BCUT2D eigenvalue weighted by atomic mass is 10.1. The Balaban J connectivity index is 1.63. The predicted molar refractivity (Wildman–Crippen MR) is 130 cm³/mol. The number of rotatable bonds is 8. The molecule has 0 aliphatic rings. The molecule has 7 nitrogen and oxygen atoms in total. The van der Waals surface area contributed by atoms with Gasteiger partial charge >= 0.3 is 0 Å². The van der Waals surface area contributed by atoms with Gasteiger partial charge in [-0.3, -0.25) is 9.59 Å². The maximum atomic E-state index is 12.6. The highest BCUT2D eigenvalue weighted by atomic mass is 32.2. The largest absolute Gasteiger partial charge is 0.378 e. The van der Waals surface area contributed by atoms with Crippen molar-refractivity contribution in [3.8, 4) is 0 Å². The molecule has 172 valence electrons. The number of hydrogen-bond donors (Lipinski definition) is 2. The van der Waals surface area contributed by atoms with E-state index < -0.39 is 10.0 Å². The molecule has 0 aliphatic carbocycles. The van der Waals surface area contributed by atoms with Crippen LogP contribution in [0.2, 0.25) is 0 Å². The van der Waals surface area contributed by atoms with E-state index in [9.17, 15) is 18.0 Å². The molecule has 0 aromatic heterocycles. The van der Waals surface area contributed by atoms with Crippen LogP contribution < -0.4 is 14.9 Å². The zero-order valence-electron chi connectivity index (χ0n) is 19.0. The van der Waals surface area contributed by atoms with E-state index in [1.807, 2.05) is 44.1 Å². The molecule has 8 heteroatoms. The molecule has 3 aromatic carbocycles. The van der Waals surface area contributed by atoms with E-state index in [1.54, 1.807) is 24.3 Å². The van der Waals surface area contributed by atoms with Gasteiger partial charge in [0.25, 0.3) is 5.91 Å². The Kier molecular flexibility index (Phi) is 7.30. The first kappa shape index (κ1) is 24.2. The molecule has 0 aliphatic heterocycles. The second-order valence-corrected chi connectivity index (χ2v) is 9.72. The predicted octanol–water partition coefficient (Wildman–Crippen LogP) is 3.99. The van der Waals surface area contributed by atoms with Crippen LogP contribution in [0.3, 0.4) is 0 Å². The lowest BCUT2D eigenvalue weighted by molar-refractivity contribution is 0.101. The first-order valence-corrected chi connectivity index (χ1v) is 11.8. The molecule has 3 aromatic rings. The number of anilines is 2. The Hall–Kier alpha value is -3.49. The number of hydrogen-bond acceptors (Lipinski definition) is 5. The quantitative estimate of drug-likeness (QED) is 0.491. The van der Waals surface area contributed by atoms with E-state index in [1.165, 1.54) is 31.2 Å². The first-order chi connectivity index (χ1) is 15.6. The van der Waals surface area contributed by atoms with E-state index in [-0.39, 0.29) is 23.1 Å². The maximum Gasteiger partial charge on any atom is 0.255 e. The van der Waals surface area contributed by atoms with Crippen LogP contribution >= 0.6 is 0 Å². The Labute approximate surface area is 194 Å². The molecule has 0 fully saturated rings. The standard InChI is InChI=1S/C25H27N3O4S/c1-17-15-22(28(3)4)11-14-24(17)27-25(30)21-7-5-19(6-8-21)16-26-33(31,32)23-12-9-20(10-13-23)18(2)29/h5-15,26H,16H2,1-4H3,(H,27,30). The summed E-state index contributed by atoms with van der Waals surface area (Å²) in [4.78, 5) is 26.0. The smallest absolute Gasteiger partial charge is 0.255 e. The van der Waals surface area contributed by atoms with E-state index in [4.69, 9.17) is 0 Å². The fraction of sp³-hybridized carbons (Fsp3) is 0.200. The Morgan fingerprint density at radius 2 is 1.48 bits per heavy atom. The van der Waals surface area contributed by atoms with Gasteiger partial charge in [0, 0.05) is 43.1 Å². The van der Waals surface area contributed by atoms with Gasteiger partial charge < -0.3 is 10.2 Å². The summed E-state index contributed by atoms with van der Waals surface area (Å²) in [6, 6.07) is 18.3. The number of carbonyl (C=O) groups is 2. The van der Waals surface area contributed by atoms with Crippen molar-refractivity contribution < 1.29 is 18.0 Å². The van der Waals surface area contributed by atoms with Crippen molar-refractivity contribution in [1.29, 1.82) is 0 Å². The normalized spacial score (nSPS) is 11.2. The summed E-state index contributed by atoms with van der Waals surface area (Å²) in [6.07, 6.45) is 0. The summed E-state index contributed by atoms with van der Waals surface area (Å²) in [6.45, 7) is 3.43. The minimum atomic E-state index is -3.73. The van der Waals surface area contributed by atoms with E-state index >= 15 is 0 Å². The minimum absolute atomic E-state index is 0.0732. The Morgan fingerprint density at radius 1 is 0.879 bits per heavy atom. The topological polar surface area (TPSA) is 95.6 Å². The monoisotopic (exact) mass is 465 g/mol. The molecule has 0 atom stereocenters. The van der Waals surface area contributed by atoms with E-state index in [0.29, 0.717) is 16.7 Å². The zero-order valence-corrected chi connectivity index (χ0v) is 19.9. The Morgan fingerprint density at radius 3 is 2.03 bits per heavy atom. The molecule has 0 unspecified atom stereocenters. The van der Waals surface area contributed by atoms with Gasteiger partial charge in [-0.05, 0) is 67.4 Å². The number of nitrogens with zero attached hydrogens (tertiary/aromatic N) is 1. The summed E-state index contributed by atoms with van der Waals surface area (Å²) >= 11 is 0. The van der Waals surface area contributed by atoms with Gasteiger partial charge in [0.15, 0.2) is 5.78 Å². The van der Waals surface area contributed by atoms with Gasteiger partial charge in [-0.1, -0.05) is 24.3 Å². The molecule has 0 heterocycles. The SMILES string of the molecule is CC(=O)c1ccc(S(=O)(=O)NCc2ccc(C(=O)Nc3ccc(N(C)C)cc3C)cc2)cc1. The van der Waals surface area contributed by atoms with Crippen LogP contribution in [-0.2, 0) is 16.6 Å². The van der Waals surface area contributed by atoms with Crippen molar-refractivity contribution in [3.05, 3.63) is 89.0 Å². The molecular formula is C25H27N3O4S. The molecule has 0 radical (unpaired) electrons. The average molecular weight is 466 g/mol. The fourth-order valence-electron chi connectivity index (χ4n) is 3.17. The number of ketones is 1. The van der Waals surface area contributed by atoms with Gasteiger partial charge in [-0.25, -0.2) is 13.1 Å². The lowest BCUT2D eigenvalue weighted by Gasteiger charge is -2.15. The average Bonchev–Trinajstić information content (AvgIpc) is 2.79. The van der Waals surface area contributed by atoms with Gasteiger partial charge in [0.2, 0.25) is 10.0 Å². The molecular weight excluding hydrogens is 438 g/mol. The highest BCUT2D eigenvalue weighted by molar-refractivity contribution is 7.89. The number of Topliss-reactive ketones (excluding diaryl/α,β-unsaturated/α-hetero) is 1. The first-order valence-electron chi connectivity index (χ1n) is 10.4. The third-order valence-electron chi connectivity index (χ3n) is 5.23. The lowest BCUT2D eigenvalue weighted by Crippen LogP contribution is -2.23. The molecule has 0 bridgehead atoms. The van der Waals surface area contributed by atoms with Gasteiger partial charge in [-0.15, -0.1) is 0 Å². The van der Waals surface area contributed by atoms with Crippen LogP contribution in [0.15, 0.2) is 71.6 Å². The van der Waals surface area contributed by atoms with Crippen LogP contribution in [0.1, 0.15) is 38.8 Å². The number of sulfonamides is 1. The highest BCUT2D eigenvalue weighted by Gasteiger charge is 2.15. The molecule has 2 N–H and O–H groups in total. The number of aryl methyl sites for hydroxylation is 1. The fourth-order valence-corrected chi connectivity index (χ4v) is 4.18. The molecule has 1 amide bonds. The van der Waals surface area contributed by atoms with Gasteiger partial charge in [0.1, 0.15) is 0 Å². The van der Waals surface area contributed by atoms with Crippen LogP contribution in [0.5, 0.6) is 0 Å². The Bertz CT molecular complexity index is 1270. The second kappa shape index (κ2) is 9.97. The highest BCUT2D eigenvalue weighted by Crippen LogP contribution is 2.22. The van der Waals surface area contributed by atoms with Gasteiger partial charge in [0.05, 0.1) is 4.90 Å². The van der Waals surface area contributed by atoms with Crippen LogP contribution in [0.25, 0.3) is 0 Å². The maximum absolute atomic E-state index is 12.6. The van der Waals surface area contributed by atoms with Crippen LogP contribution in [0.4, 0.5) is 11.4 Å². The van der Waals surface area contributed by atoms with Crippen molar-refractivity contribution in [2.75, 3.05) is 24.3 Å². The number of nitrogens with one attached hydrogen (secondary N) is 2. The summed E-state index contributed by atoms with van der Waals surface area (Å²) < 4.78 is 27.5. The van der Waals surface area contributed by atoms with Crippen molar-refractivity contribution in [1.82, 2.24) is 4.72 Å². The zero-order chi connectivity index (χ0) is 24.2. The summed E-state index contributed by atoms with van der Waals surface area (Å²) in [5.74, 6) is -0.370. The van der Waals surface area contributed by atoms with E-state index in [2.05, 4.69) is 10.0 Å². The summed E-state index contributed by atoms with van der Waals surface area (Å²) in [7, 11) is 0.188. The third kappa shape index (κ3) is 6.06. The minimum Gasteiger partial charge on any atom is -0.378 e. The third-order valence-corrected chi connectivity index (χ3v) is 6.65. The number of carbonyl (C=O) groups excluding carboxylic acids is 2. The summed E-state index contributed by atoms with van der Waals surface area (Å²) in [5.41, 5.74) is 4.37. The summed E-state index contributed by atoms with van der Waals surface area (Å²) in [5, 5.41) is 2.91. The molecule has 3 rings (SSSR count). The number of amides is 1. The van der Waals surface area contributed by atoms with Crippen LogP contribution in [-0.4, -0.2) is 34.2 Å². The van der Waals surface area contributed by atoms with Crippen molar-refractivity contribution in [2.45, 2.75) is 25.3 Å². The van der Waals surface area contributed by atoms with Crippen molar-refractivity contribution in [3.63, 3.8) is 0 Å². The second-order valence-electron chi connectivity index (χ2n) is 7.95. The molecule has 0 saturated heterocycles. The molecule has 0 spiro atoms. The molecule has 0 saturated carbocycles.